The van der Waals surface area contributed by atoms with E-state index >= 15 is 0 Å². The molecule has 6 rings (SSSR count). The predicted molar refractivity (Wildman–Crippen MR) is 152 cm³/mol. The third-order valence-corrected chi connectivity index (χ3v) is 8.20. The van der Waals surface area contributed by atoms with Crippen molar-refractivity contribution in [3.63, 3.8) is 0 Å². The Morgan fingerprint density at radius 2 is 1.68 bits per heavy atom. The molecule has 2 fully saturated rings. The highest BCUT2D eigenvalue weighted by atomic mass is 16.5. The van der Waals surface area contributed by atoms with Crippen LogP contribution >= 0.6 is 0 Å². The molecule has 4 aromatic rings. The number of tetrazole rings is 1. The Hall–Kier alpha value is -4.12. The van der Waals surface area contributed by atoms with E-state index in [1.165, 1.54) is 0 Å². The van der Waals surface area contributed by atoms with Crippen molar-refractivity contribution in [2.24, 2.45) is 0 Å². The van der Waals surface area contributed by atoms with Crippen molar-refractivity contribution in [2.75, 3.05) is 52.4 Å². The monoisotopic (exact) mass is 545 g/mol. The van der Waals surface area contributed by atoms with Crippen LogP contribution in [0.4, 0.5) is 5.69 Å². The second-order valence-corrected chi connectivity index (χ2v) is 10.4. The van der Waals surface area contributed by atoms with Gasteiger partial charge in [0.2, 0.25) is 0 Å². The van der Waals surface area contributed by atoms with Gasteiger partial charge in [0.05, 0.1) is 32.9 Å². The average molecular weight is 546 g/mol. The van der Waals surface area contributed by atoms with Gasteiger partial charge in [0.25, 0.3) is 5.56 Å². The SMILES string of the molecule is COc1cccc(N2CCN(C(c3cc4cc(OC)c(OC)cc4[nH]c3=O)c3nnnn3C3CCCC3)CC2)c1. The zero-order valence-electron chi connectivity index (χ0n) is 23.2. The summed E-state index contributed by atoms with van der Waals surface area (Å²) < 4.78 is 18.4. The Labute approximate surface area is 232 Å². The fourth-order valence-corrected chi connectivity index (χ4v) is 6.09. The van der Waals surface area contributed by atoms with Crippen molar-refractivity contribution < 1.29 is 14.2 Å². The quantitative estimate of drug-likeness (QED) is 0.355. The highest BCUT2D eigenvalue weighted by Crippen LogP contribution is 2.36. The lowest BCUT2D eigenvalue weighted by molar-refractivity contribution is 0.197. The number of H-pyrrole nitrogens is 1. The Morgan fingerprint density at radius 3 is 2.40 bits per heavy atom. The first-order valence-corrected chi connectivity index (χ1v) is 13.8. The van der Waals surface area contributed by atoms with Gasteiger partial charge >= 0.3 is 0 Å². The summed E-state index contributed by atoms with van der Waals surface area (Å²) in [6, 6.07) is 13.6. The fraction of sp³-hybridized carbons (Fsp3) is 0.448. The molecule has 1 aliphatic carbocycles. The van der Waals surface area contributed by atoms with Crippen LogP contribution in [-0.2, 0) is 0 Å². The van der Waals surface area contributed by atoms with Crippen LogP contribution in [0.15, 0.2) is 47.3 Å². The Morgan fingerprint density at radius 1 is 0.925 bits per heavy atom. The molecule has 11 nitrogen and oxygen atoms in total. The summed E-state index contributed by atoms with van der Waals surface area (Å²) in [5.41, 5.74) is 2.25. The maximum absolute atomic E-state index is 13.7. The lowest BCUT2D eigenvalue weighted by atomic mass is 10.0. The third-order valence-electron chi connectivity index (χ3n) is 8.20. The number of nitrogens with one attached hydrogen (secondary N) is 1. The average Bonchev–Trinajstić information content (AvgIpc) is 3.70. The number of anilines is 1. The van der Waals surface area contributed by atoms with Gasteiger partial charge in [-0.15, -0.1) is 5.10 Å². The number of piperazine rings is 1. The van der Waals surface area contributed by atoms with Gasteiger partial charge in [-0.2, -0.15) is 0 Å². The summed E-state index contributed by atoms with van der Waals surface area (Å²) in [5.74, 6) is 2.72. The molecule has 40 heavy (non-hydrogen) atoms. The Bertz CT molecular complexity index is 1540. The van der Waals surface area contributed by atoms with Gasteiger partial charge in [-0.05, 0) is 47.5 Å². The number of rotatable bonds is 8. The van der Waals surface area contributed by atoms with Crippen molar-refractivity contribution in [3.8, 4) is 17.2 Å². The minimum absolute atomic E-state index is 0.166. The predicted octanol–water partition coefficient (Wildman–Crippen LogP) is 3.57. The van der Waals surface area contributed by atoms with Gasteiger partial charge in [0.15, 0.2) is 17.3 Å². The minimum Gasteiger partial charge on any atom is -0.497 e. The number of hydrogen-bond acceptors (Lipinski definition) is 9. The molecule has 0 spiro atoms. The lowest BCUT2D eigenvalue weighted by Crippen LogP contribution is -2.49. The maximum atomic E-state index is 13.7. The summed E-state index contributed by atoms with van der Waals surface area (Å²) in [6.07, 6.45) is 4.40. The summed E-state index contributed by atoms with van der Waals surface area (Å²) in [4.78, 5) is 21.5. The molecule has 1 aliphatic heterocycles. The molecule has 3 heterocycles. The third kappa shape index (κ3) is 4.85. The Kier molecular flexibility index (Phi) is 7.29. The normalized spacial score (nSPS) is 17.3. The lowest BCUT2D eigenvalue weighted by Gasteiger charge is -2.40. The number of hydrogen-bond donors (Lipinski definition) is 1. The van der Waals surface area contributed by atoms with E-state index in [0.29, 0.717) is 28.4 Å². The largest absolute Gasteiger partial charge is 0.497 e. The molecular formula is C29H35N7O4. The zero-order valence-corrected chi connectivity index (χ0v) is 23.2. The van der Waals surface area contributed by atoms with Gasteiger partial charge in [-0.1, -0.05) is 18.9 Å². The topological polar surface area (TPSA) is 111 Å². The van der Waals surface area contributed by atoms with Gasteiger partial charge in [0.1, 0.15) is 11.8 Å². The highest BCUT2D eigenvalue weighted by Gasteiger charge is 2.35. The van der Waals surface area contributed by atoms with Crippen molar-refractivity contribution in [2.45, 2.75) is 37.8 Å². The van der Waals surface area contributed by atoms with Crippen LogP contribution < -0.4 is 24.7 Å². The van der Waals surface area contributed by atoms with Crippen molar-refractivity contribution >= 4 is 16.6 Å². The Balaban J connectivity index is 1.39. The number of ether oxygens (including phenoxy) is 3. The smallest absolute Gasteiger partial charge is 0.253 e. The highest BCUT2D eigenvalue weighted by molar-refractivity contribution is 5.83. The summed E-state index contributed by atoms with van der Waals surface area (Å²) in [6.45, 7) is 3.07. The van der Waals surface area contributed by atoms with Crippen LogP contribution in [0, 0.1) is 0 Å². The first-order chi connectivity index (χ1) is 19.6. The van der Waals surface area contributed by atoms with Crippen molar-refractivity contribution in [1.29, 1.82) is 0 Å². The molecule has 1 atom stereocenters. The molecule has 1 N–H and O–H groups in total. The van der Waals surface area contributed by atoms with Crippen LogP contribution in [-0.4, -0.2) is 77.6 Å². The second kappa shape index (κ2) is 11.2. The van der Waals surface area contributed by atoms with E-state index in [4.69, 9.17) is 14.2 Å². The first-order valence-electron chi connectivity index (χ1n) is 13.8. The van der Waals surface area contributed by atoms with Crippen LogP contribution in [0.3, 0.4) is 0 Å². The summed E-state index contributed by atoms with van der Waals surface area (Å²) in [7, 11) is 4.87. The molecular weight excluding hydrogens is 510 g/mol. The van der Waals surface area contributed by atoms with Gasteiger partial charge < -0.3 is 24.1 Å². The van der Waals surface area contributed by atoms with Gasteiger partial charge in [-0.25, -0.2) is 4.68 Å². The summed E-state index contributed by atoms with van der Waals surface area (Å²) >= 11 is 0. The van der Waals surface area contributed by atoms with E-state index in [1.807, 2.05) is 28.9 Å². The van der Waals surface area contributed by atoms with E-state index in [9.17, 15) is 4.79 Å². The molecule has 1 saturated heterocycles. The molecule has 2 aromatic carbocycles. The van der Waals surface area contributed by atoms with E-state index in [2.05, 4.69) is 42.4 Å². The number of aromatic amines is 1. The van der Waals surface area contributed by atoms with Crippen molar-refractivity contribution in [1.82, 2.24) is 30.1 Å². The van der Waals surface area contributed by atoms with Crippen LogP contribution in [0.1, 0.15) is 49.2 Å². The van der Waals surface area contributed by atoms with E-state index < -0.39 is 6.04 Å². The fourth-order valence-electron chi connectivity index (χ4n) is 6.09. The molecule has 1 unspecified atom stereocenters. The van der Waals surface area contributed by atoms with Crippen LogP contribution in [0.5, 0.6) is 17.2 Å². The molecule has 0 bridgehead atoms. The second-order valence-electron chi connectivity index (χ2n) is 10.4. The first kappa shape index (κ1) is 26.1. The molecule has 2 aliphatic rings. The van der Waals surface area contributed by atoms with Crippen LogP contribution in [0.2, 0.25) is 0 Å². The number of pyridine rings is 1. The maximum Gasteiger partial charge on any atom is 0.253 e. The number of benzene rings is 2. The summed E-state index contributed by atoms with van der Waals surface area (Å²) in [5, 5.41) is 13.9. The zero-order chi connectivity index (χ0) is 27.6. The number of aromatic nitrogens is 5. The number of methoxy groups -OCH3 is 3. The van der Waals surface area contributed by atoms with Crippen molar-refractivity contribution in [3.05, 3.63) is 64.2 Å². The molecule has 1 saturated carbocycles. The van der Waals surface area contributed by atoms with E-state index in [0.717, 1.165) is 68.7 Å². The molecule has 0 radical (unpaired) electrons. The van der Waals surface area contributed by atoms with E-state index in [-0.39, 0.29) is 11.6 Å². The molecule has 210 valence electrons. The number of nitrogens with zero attached hydrogens (tertiary/aromatic N) is 6. The standard InChI is InChI=1S/C29H35N7O4/c1-38-22-10-6-9-21(17-22)34-11-13-35(14-12-34)27(28-31-32-33-36(28)20-7-4-5-8-20)23-15-19-16-25(39-2)26(40-3)18-24(19)30-29(23)37/h6,9-10,15-18,20,27H,4-5,7-8,11-14H2,1-3H3,(H,30,37). The molecule has 0 amide bonds. The van der Waals surface area contributed by atoms with E-state index in [1.54, 1.807) is 27.4 Å². The number of fused-ring (bicyclic) bond motifs is 1. The van der Waals surface area contributed by atoms with Gasteiger partial charge in [-0.3, -0.25) is 9.69 Å². The van der Waals surface area contributed by atoms with Crippen LogP contribution in [0.25, 0.3) is 10.9 Å². The molecule has 2 aromatic heterocycles. The van der Waals surface area contributed by atoms with Gasteiger partial charge in [0, 0.05) is 54.9 Å². The molecule has 11 heteroatoms. The minimum atomic E-state index is -0.399.